The highest BCUT2D eigenvalue weighted by molar-refractivity contribution is 5.38. The van der Waals surface area contributed by atoms with E-state index in [4.69, 9.17) is 4.74 Å². The fourth-order valence-electron chi connectivity index (χ4n) is 4.44. The molecule has 5 heteroatoms. The molecule has 3 heterocycles. The van der Waals surface area contributed by atoms with Crippen LogP contribution < -0.4 is 4.74 Å². The maximum Gasteiger partial charge on any atom is 0.123 e. The highest BCUT2D eigenvalue weighted by Crippen LogP contribution is 2.27. The average molecular weight is 389 g/mol. The second kappa shape index (κ2) is 8.01. The van der Waals surface area contributed by atoms with Crippen molar-refractivity contribution in [2.24, 2.45) is 0 Å². The summed E-state index contributed by atoms with van der Waals surface area (Å²) in [6.45, 7) is 8.53. The quantitative estimate of drug-likeness (QED) is 0.741. The molecule has 0 spiro atoms. The number of rotatable bonds is 4. The highest BCUT2D eigenvalue weighted by Gasteiger charge is 2.19. The van der Waals surface area contributed by atoms with Gasteiger partial charge >= 0.3 is 0 Å². The lowest BCUT2D eigenvalue weighted by molar-refractivity contribution is 0.216. The van der Waals surface area contributed by atoms with Gasteiger partial charge in [0, 0.05) is 50.2 Å². The van der Waals surface area contributed by atoms with E-state index in [1.807, 2.05) is 13.1 Å². The van der Waals surface area contributed by atoms with Gasteiger partial charge in [-0.3, -0.25) is 9.80 Å². The second-order valence-corrected chi connectivity index (χ2v) is 8.24. The SMILES string of the molecule is Cc1cnc(CN2CCOc3ccc(CN4CCc5ccccc5C4)cc3C2)[nH]1. The lowest BCUT2D eigenvalue weighted by Gasteiger charge is -2.29. The monoisotopic (exact) mass is 388 g/mol. The van der Waals surface area contributed by atoms with E-state index in [1.54, 1.807) is 0 Å². The molecule has 2 aliphatic rings. The third-order valence-electron chi connectivity index (χ3n) is 5.93. The number of nitrogens with zero attached hydrogens (tertiary/aromatic N) is 3. The number of aryl methyl sites for hydroxylation is 1. The first-order valence-corrected chi connectivity index (χ1v) is 10.5. The van der Waals surface area contributed by atoms with Gasteiger partial charge in [0.1, 0.15) is 18.2 Å². The van der Waals surface area contributed by atoms with E-state index < -0.39 is 0 Å². The molecule has 0 unspecified atom stereocenters. The zero-order valence-electron chi connectivity index (χ0n) is 17.0. The molecule has 0 fully saturated rings. The summed E-state index contributed by atoms with van der Waals surface area (Å²) in [5.41, 5.74) is 6.72. The van der Waals surface area contributed by atoms with Crippen LogP contribution >= 0.6 is 0 Å². The Hall–Kier alpha value is -2.63. The molecule has 29 heavy (non-hydrogen) atoms. The van der Waals surface area contributed by atoms with Gasteiger partial charge in [-0.1, -0.05) is 30.3 Å². The van der Waals surface area contributed by atoms with Crippen LogP contribution in [0.2, 0.25) is 0 Å². The molecule has 5 rings (SSSR count). The molecule has 1 N–H and O–H groups in total. The number of aromatic amines is 1. The molecular weight excluding hydrogens is 360 g/mol. The number of imidazole rings is 1. The van der Waals surface area contributed by atoms with Crippen molar-refractivity contribution < 1.29 is 4.74 Å². The lowest BCUT2D eigenvalue weighted by atomic mass is 9.99. The van der Waals surface area contributed by atoms with Crippen LogP contribution in [0.4, 0.5) is 0 Å². The zero-order valence-corrected chi connectivity index (χ0v) is 17.0. The Morgan fingerprint density at radius 2 is 1.79 bits per heavy atom. The van der Waals surface area contributed by atoms with E-state index in [1.165, 1.54) is 22.3 Å². The maximum atomic E-state index is 6.03. The Kier molecular flexibility index (Phi) is 5.08. The number of fused-ring (bicyclic) bond motifs is 2. The molecule has 0 amide bonds. The van der Waals surface area contributed by atoms with E-state index in [-0.39, 0.29) is 0 Å². The van der Waals surface area contributed by atoms with Crippen molar-refractivity contribution in [3.05, 3.63) is 82.4 Å². The van der Waals surface area contributed by atoms with Crippen molar-refractivity contribution in [1.29, 1.82) is 0 Å². The van der Waals surface area contributed by atoms with Crippen LogP contribution in [-0.2, 0) is 32.6 Å². The Labute approximate surface area is 172 Å². The number of benzene rings is 2. The first-order chi connectivity index (χ1) is 14.2. The summed E-state index contributed by atoms with van der Waals surface area (Å²) in [6.07, 6.45) is 3.03. The number of nitrogens with one attached hydrogen (secondary N) is 1. The van der Waals surface area contributed by atoms with Gasteiger partial charge in [-0.05, 0) is 42.2 Å². The van der Waals surface area contributed by atoms with Gasteiger partial charge in [-0.15, -0.1) is 0 Å². The topological polar surface area (TPSA) is 44.4 Å². The van der Waals surface area contributed by atoms with Crippen LogP contribution in [0.15, 0.2) is 48.7 Å². The molecule has 5 nitrogen and oxygen atoms in total. The van der Waals surface area contributed by atoms with Gasteiger partial charge in [0.15, 0.2) is 0 Å². The molecule has 2 aliphatic heterocycles. The fraction of sp³-hybridized carbons (Fsp3) is 0.375. The van der Waals surface area contributed by atoms with E-state index >= 15 is 0 Å². The Balaban J connectivity index is 1.29. The predicted octanol–water partition coefficient (Wildman–Crippen LogP) is 3.67. The van der Waals surface area contributed by atoms with E-state index in [9.17, 15) is 0 Å². The molecule has 0 radical (unpaired) electrons. The third kappa shape index (κ3) is 4.21. The first-order valence-electron chi connectivity index (χ1n) is 10.5. The van der Waals surface area contributed by atoms with Crippen LogP contribution in [0.5, 0.6) is 5.75 Å². The number of hydrogen-bond donors (Lipinski definition) is 1. The van der Waals surface area contributed by atoms with Crippen LogP contribution in [0, 0.1) is 6.92 Å². The van der Waals surface area contributed by atoms with Crippen molar-refractivity contribution in [1.82, 2.24) is 19.8 Å². The largest absolute Gasteiger partial charge is 0.492 e. The van der Waals surface area contributed by atoms with Gasteiger partial charge < -0.3 is 9.72 Å². The average Bonchev–Trinajstić information content (AvgIpc) is 3.02. The van der Waals surface area contributed by atoms with E-state index in [0.717, 1.165) is 69.6 Å². The van der Waals surface area contributed by atoms with Gasteiger partial charge in [-0.2, -0.15) is 0 Å². The number of aromatic nitrogens is 2. The van der Waals surface area contributed by atoms with Crippen LogP contribution in [-0.4, -0.2) is 39.5 Å². The molecule has 0 bridgehead atoms. The van der Waals surface area contributed by atoms with Gasteiger partial charge in [0.25, 0.3) is 0 Å². The molecule has 0 saturated heterocycles. The molecule has 0 atom stereocenters. The number of hydrogen-bond acceptors (Lipinski definition) is 4. The van der Waals surface area contributed by atoms with Crippen molar-refractivity contribution in [3.63, 3.8) is 0 Å². The van der Waals surface area contributed by atoms with E-state index in [0.29, 0.717) is 0 Å². The van der Waals surface area contributed by atoms with E-state index in [2.05, 4.69) is 62.2 Å². The van der Waals surface area contributed by atoms with Gasteiger partial charge in [0.05, 0.1) is 6.54 Å². The summed E-state index contributed by atoms with van der Waals surface area (Å²) >= 11 is 0. The highest BCUT2D eigenvalue weighted by atomic mass is 16.5. The van der Waals surface area contributed by atoms with Crippen molar-refractivity contribution in [2.75, 3.05) is 19.7 Å². The minimum atomic E-state index is 0.717. The molecule has 150 valence electrons. The minimum Gasteiger partial charge on any atom is -0.492 e. The standard InChI is InChI=1S/C24H28N4O/c1-18-13-25-24(26-18)17-28-10-11-29-23-7-6-19(12-22(23)16-28)14-27-9-8-20-4-2-3-5-21(20)15-27/h2-7,12-13H,8-11,14-17H2,1H3,(H,25,26). The van der Waals surface area contributed by atoms with Gasteiger partial charge in [0.2, 0.25) is 0 Å². The van der Waals surface area contributed by atoms with Crippen LogP contribution in [0.25, 0.3) is 0 Å². The third-order valence-corrected chi connectivity index (χ3v) is 5.93. The number of ether oxygens (including phenoxy) is 1. The zero-order chi connectivity index (χ0) is 19.6. The molecular formula is C24H28N4O. The van der Waals surface area contributed by atoms with Crippen molar-refractivity contribution in [2.45, 2.75) is 39.5 Å². The Morgan fingerprint density at radius 3 is 2.66 bits per heavy atom. The Morgan fingerprint density at radius 1 is 0.966 bits per heavy atom. The minimum absolute atomic E-state index is 0.717. The second-order valence-electron chi connectivity index (χ2n) is 8.24. The lowest BCUT2D eigenvalue weighted by Crippen LogP contribution is -2.30. The van der Waals surface area contributed by atoms with Crippen molar-refractivity contribution >= 4 is 0 Å². The van der Waals surface area contributed by atoms with Crippen LogP contribution in [0.1, 0.15) is 33.8 Å². The summed E-state index contributed by atoms with van der Waals surface area (Å²) in [5.74, 6) is 2.05. The number of H-pyrrole nitrogens is 1. The summed E-state index contributed by atoms with van der Waals surface area (Å²) in [5, 5.41) is 0. The molecule has 2 aromatic carbocycles. The predicted molar refractivity (Wildman–Crippen MR) is 114 cm³/mol. The maximum absolute atomic E-state index is 6.03. The molecule has 0 aliphatic carbocycles. The normalized spacial score (nSPS) is 17.3. The summed E-state index contributed by atoms with van der Waals surface area (Å²) in [6, 6.07) is 15.5. The van der Waals surface area contributed by atoms with Gasteiger partial charge in [-0.25, -0.2) is 4.98 Å². The fourth-order valence-corrected chi connectivity index (χ4v) is 4.44. The smallest absolute Gasteiger partial charge is 0.123 e. The summed E-state index contributed by atoms with van der Waals surface area (Å²) in [7, 11) is 0. The summed E-state index contributed by atoms with van der Waals surface area (Å²) in [4.78, 5) is 12.8. The van der Waals surface area contributed by atoms with Crippen molar-refractivity contribution in [3.8, 4) is 5.75 Å². The molecule has 1 aromatic heterocycles. The first kappa shape index (κ1) is 18.4. The Bertz CT molecular complexity index is 996. The van der Waals surface area contributed by atoms with Crippen LogP contribution in [0.3, 0.4) is 0 Å². The summed E-state index contributed by atoms with van der Waals surface area (Å²) < 4.78 is 6.03. The molecule has 3 aromatic rings. The molecule has 0 saturated carbocycles.